The van der Waals surface area contributed by atoms with Crippen molar-refractivity contribution in [1.29, 1.82) is 0 Å². The summed E-state index contributed by atoms with van der Waals surface area (Å²) < 4.78 is 28.3. The summed E-state index contributed by atoms with van der Waals surface area (Å²) in [5.41, 5.74) is 3.92. The van der Waals surface area contributed by atoms with Gasteiger partial charge in [-0.25, -0.2) is 13.1 Å². The summed E-state index contributed by atoms with van der Waals surface area (Å²) in [4.78, 5) is 1.70. The second kappa shape index (κ2) is 8.27. The van der Waals surface area contributed by atoms with Crippen molar-refractivity contribution in [2.45, 2.75) is 23.9 Å². The van der Waals surface area contributed by atoms with Crippen LogP contribution < -0.4 is 9.62 Å². The van der Waals surface area contributed by atoms with Crippen LogP contribution in [0.3, 0.4) is 0 Å². The minimum absolute atomic E-state index is 0.0630. The average Bonchev–Trinajstić information content (AvgIpc) is 2.75. The number of fused-ring (bicyclic) bond motifs is 1. The quantitative estimate of drug-likeness (QED) is 0.675. The van der Waals surface area contributed by atoms with E-state index in [4.69, 9.17) is 0 Å². The molecule has 144 valence electrons. The predicted molar refractivity (Wildman–Crippen MR) is 110 cm³/mol. The van der Waals surface area contributed by atoms with Crippen molar-refractivity contribution < 1.29 is 13.3 Å². The molecule has 0 aromatic heterocycles. The summed E-state index contributed by atoms with van der Waals surface area (Å²) in [5, 5.41) is 0. The van der Waals surface area contributed by atoms with E-state index in [-0.39, 0.29) is 6.04 Å². The Labute approximate surface area is 166 Å². The first kappa shape index (κ1) is 18.9. The first-order valence-electron chi connectivity index (χ1n) is 9.64. The molecular weight excluding hydrogens is 368 g/mol. The minimum atomic E-state index is -3.53. The van der Waals surface area contributed by atoms with Crippen LogP contribution in [0.5, 0.6) is 0 Å². The van der Waals surface area contributed by atoms with Gasteiger partial charge in [-0.05, 0) is 17.7 Å². The van der Waals surface area contributed by atoms with Crippen LogP contribution in [0.4, 0.5) is 0 Å². The molecule has 5 heteroatoms. The predicted octanol–water partition coefficient (Wildman–Crippen LogP) is 2.35. The van der Waals surface area contributed by atoms with Crippen LogP contribution >= 0.6 is 0 Å². The standard InChI is InChI=1S/C23H24N2O2S/c26-28(27,22-13-5-2-6-14-22)24-17-23(20-10-3-1-4-11-20)25-16-15-19-9-7-8-12-21(19)18-25/h1-14,23-24H,15-18H2/p+1/t23-/m0/s1. The summed E-state index contributed by atoms with van der Waals surface area (Å²) in [7, 11) is -3.53. The van der Waals surface area contributed by atoms with E-state index in [0.717, 1.165) is 25.1 Å². The molecule has 3 aromatic carbocycles. The van der Waals surface area contributed by atoms with Crippen LogP contribution in [0.2, 0.25) is 0 Å². The summed E-state index contributed by atoms with van der Waals surface area (Å²) in [5.74, 6) is 0. The lowest BCUT2D eigenvalue weighted by atomic mass is 9.96. The van der Waals surface area contributed by atoms with Gasteiger partial charge >= 0.3 is 0 Å². The Balaban J connectivity index is 1.57. The molecular formula is C23H25N2O2S+. The van der Waals surface area contributed by atoms with E-state index in [1.807, 2.05) is 24.3 Å². The first-order valence-corrected chi connectivity index (χ1v) is 11.1. The van der Waals surface area contributed by atoms with Gasteiger partial charge in [0.1, 0.15) is 12.6 Å². The molecule has 1 aliphatic rings. The second-order valence-electron chi connectivity index (χ2n) is 7.23. The molecule has 4 nitrogen and oxygen atoms in total. The van der Waals surface area contributed by atoms with Crippen molar-refractivity contribution in [3.63, 3.8) is 0 Å². The first-order chi connectivity index (χ1) is 13.6. The molecule has 0 radical (unpaired) electrons. The fourth-order valence-corrected chi connectivity index (χ4v) is 5.03. The Hall–Kier alpha value is -2.47. The number of benzene rings is 3. The van der Waals surface area contributed by atoms with E-state index in [1.54, 1.807) is 24.3 Å². The van der Waals surface area contributed by atoms with Crippen molar-refractivity contribution in [3.8, 4) is 0 Å². The number of hydrogen-bond donors (Lipinski definition) is 2. The Morgan fingerprint density at radius 2 is 1.43 bits per heavy atom. The van der Waals surface area contributed by atoms with E-state index >= 15 is 0 Å². The van der Waals surface area contributed by atoms with Crippen molar-refractivity contribution in [1.82, 2.24) is 4.72 Å². The summed E-state index contributed by atoms with van der Waals surface area (Å²) >= 11 is 0. The smallest absolute Gasteiger partial charge is 0.240 e. The van der Waals surface area contributed by atoms with E-state index in [0.29, 0.717) is 11.4 Å². The SMILES string of the molecule is O=S(=O)(NC[C@@H](c1ccccc1)[NH+]1CCc2ccccc2C1)c1ccccc1. The van der Waals surface area contributed by atoms with Crippen molar-refractivity contribution in [3.05, 3.63) is 102 Å². The van der Waals surface area contributed by atoms with Gasteiger partial charge in [-0.1, -0.05) is 72.8 Å². The zero-order chi connectivity index (χ0) is 19.4. The molecule has 4 rings (SSSR count). The zero-order valence-corrected chi connectivity index (χ0v) is 16.5. The highest BCUT2D eigenvalue weighted by molar-refractivity contribution is 7.89. The monoisotopic (exact) mass is 393 g/mol. The Morgan fingerprint density at radius 3 is 2.14 bits per heavy atom. The normalized spacial score (nSPS) is 17.6. The zero-order valence-electron chi connectivity index (χ0n) is 15.7. The summed E-state index contributed by atoms with van der Waals surface area (Å²) in [6, 6.07) is 27.4. The van der Waals surface area contributed by atoms with E-state index in [9.17, 15) is 8.42 Å². The van der Waals surface area contributed by atoms with E-state index in [2.05, 4.69) is 41.1 Å². The maximum atomic E-state index is 12.7. The van der Waals surface area contributed by atoms with Crippen LogP contribution in [-0.2, 0) is 23.0 Å². The van der Waals surface area contributed by atoms with Gasteiger partial charge in [-0.2, -0.15) is 0 Å². The number of hydrogen-bond acceptors (Lipinski definition) is 2. The number of sulfonamides is 1. The van der Waals surface area contributed by atoms with E-state index in [1.165, 1.54) is 16.0 Å². The average molecular weight is 394 g/mol. The molecule has 0 bridgehead atoms. The lowest BCUT2D eigenvalue weighted by Gasteiger charge is -2.33. The van der Waals surface area contributed by atoms with Gasteiger partial charge in [0, 0.05) is 17.5 Å². The van der Waals surface area contributed by atoms with Crippen molar-refractivity contribution in [2.24, 2.45) is 0 Å². The van der Waals surface area contributed by atoms with Gasteiger partial charge in [-0.3, -0.25) is 0 Å². The molecule has 2 atom stereocenters. The van der Waals surface area contributed by atoms with Crippen LogP contribution in [0, 0.1) is 0 Å². The molecule has 0 aliphatic carbocycles. The Kier molecular flexibility index (Phi) is 5.57. The summed E-state index contributed by atoms with van der Waals surface area (Å²) in [6.07, 6.45) is 1.01. The fourth-order valence-electron chi connectivity index (χ4n) is 3.96. The Bertz CT molecular complexity index is 1020. The van der Waals surface area contributed by atoms with Crippen LogP contribution in [0.1, 0.15) is 22.7 Å². The van der Waals surface area contributed by atoms with Gasteiger partial charge < -0.3 is 4.90 Å². The fraction of sp³-hybridized carbons (Fsp3) is 0.217. The maximum Gasteiger partial charge on any atom is 0.240 e. The van der Waals surface area contributed by atoms with Crippen LogP contribution in [0.15, 0.2) is 89.8 Å². The van der Waals surface area contributed by atoms with Crippen LogP contribution in [-0.4, -0.2) is 21.5 Å². The van der Waals surface area contributed by atoms with Crippen LogP contribution in [0.25, 0.3) is 0 Å². The van der Waals surface area contributed by atoms with Gasteiger partial charge in [0.05, 0.1) is 18.0 Å². The number of rotatable bonds is 6. The topological polar surface area (TPSA) is 50.6 Å². The van der Waals surface area contributed by atoms with Gasteiger partial charge in [0.2, 0.25) is 10.0 Å². The third-order valence-electron chi connectivity index (χ3n) is 5.48. The molecule has 28 heavy (non-hydrogen) atoms. The third kappa shape index (κ3) is 4.17. The highest BCUT2D eigenvalue weighted by Gasteiger charge is 2.29. The van der Waals surface area contributed by atoms with Crippen molar-refractivity contribution >= 4 is 10.0 Å². The molecule has 2 N–H and O–H groups in total. The van der Waals surface area contributed by atoms with Crippen molar-refractivity contribution in [2.75, 3.05) is 13.1 Å². The number of nitrogens with one attached hydrogen (secondary N) is 2. The highest BCUT2D eigenvalue weighted by atomic mass is 32.2. The molecule has 0 saturated heterocycles. The third-order valence-corrected chi connectivity index (χ3v) is 6.92. The summed E-state index contributed by atoms with van der Waals surface area (Å²) in [6.45, 7) is 2.27. The minimum Gasteiger partial charge on any atom is -0.324 e. The molecule has 1 unspecified atom stereocenters. The maximum absolute atomic E-state index is 12.7. The largest absolute Gasteiger partial charge is 0.324 e. The Morgan fingerprint density at radius 1 is 0.821 bits per heavy atom. The molecule has 1 heterocycles. The van der Waals surface area contributed by atoms with E-state index < -0.39 is 10.0 Å². The van der Waals surface area contributed by atoms with Gasteiger partial charge in [-0.15, -0.1) is 0 Å². The molecule has 0 amide bonds. The molecule has 3 aromatic rings. The number of quaternary nitrogens is 1. The molecule has 0 fully saturated rings. The highest BCUT2D eigenvalue weighted by Crippen LogP contribution is 2.16. The lowest BCUT2D eigenvalue weighted by molar-refractivity contribution is -0.945. The molecule has 0 spiro atoms. The van der Waals surface area contributed by atoms with Gasteiger partial charge in [0.25, 0.3) is 0 Å². The molecule has 0 saturated carbocycles. The van der Waals surface area contributed by atoms with Gasteiger partial charge in [0.15, 0.2) is 0 Å². The lowest BCUT2D eigenvalue weighted by Crippen LogP contribution is -3.12. The second-order valence-corrected chi connectivity index (χ2v) is 9.00. The molecule has 1 aliphatic heterocycles.